The Bertz CT molecular complexity index is 2120. The first-order valence-corrected chi connectivity index (χ1v) is 28.1. The van der Waals surface area contributed by atoms with Gasteiger partial charge in [0.15, 0.2) is 0 Å². The number of rotatable bonds is 10. The molecule has 0 N–H and O–H groups in total. The molecule has 0 amide bonds. The Hall–Kier alpha value is -3.23. The monoisotopic (exact) mass is 874 g/mol. The number of benzene rings is 6. The zero-order valence-corrected chi connectivity index (χ0v) is 35.1. The molecule has 2 aliphatic carbocycles. The third kappa shape index (κ3) is 6.12. The Kier molecular flexibility index (Phi) is 10.6. The summed E-state index contributed by atoms with van der Waals surface area (Å²) in [6.07, 6.45) is 13.0. The van der Waals surface area contributed by atoms with E-state index in [1.165, 1.54) is 102 Å². The van der Waals surface area contributed by atoms with Crippen LogP contribution in [0.1, 0.15) is 82.0 Å². The molecule has 0 nitrogen and oxygen atoms in total. The fraction of sp³-hybridized carbons (Fsp3) is 0.250. The Morgan fingerprint density at radius 1 is 0.471 bits per heavy atom. The van der Waals surface area contributed by atoms with Crippen LogP contribution in [0.2, 0.25) is 8.35 Å². The fourth-order valence-electron chi connectivity index (χ4n) is 9.76. The van der Waals surface area contributed by atoms with Crippen LogP contribution in [0.3, 0.4) is 0 Å². The van der Waals surface area contributed by atoms with Gasteiger partial charge < -0.3 is 0 Å². The van der Waals surface area contributed by atoms with Gasteiger partial charge in [-0.2, -0.15) is 0 Å². The van der Waals surface area contributed by atoms with Gasteiger partial charge in [0.05, 0.1) is 0 Å². The van der Waals surface area contributed by atoms with E-state index in [2.05, 4.69) is 147 Å². The van der Waals surface area contributed by atoms with Crippen LogP contribution in [-0.4, -0.2) is 0 Å². The molecule has 6 aromatic carbocycles. The average Bonchev–Trinajstić information content (AvgIpc) is 3.69. The zero-order valence-electron chi connectivity index (χ0n) is 29.8. The van der Waals surface area contributed by atoms with Crippen molar-refractivity contribution in [2.24, 2.45) is 0 Å². The standard InChI is InChI=1S/2C23H21.C2H4.2ClH.Hf/c2*1-2-3-8-17-15-19-11-7-14-22(23(19)16-17)21-13-6-10-18-9-4-5-12-20(18)21;1-2;;;/h2*4-7,9-16H,2-3,8H2,1H3;1-2H2;2*1H;. The maximum atomic E-state index is 2.70. The minimum absolute atomic E-state index is 0. The minimum atomic E-state index is -3.03. The van der Waals surface area contributed by atoms with Gasteiger partial charge in [-0.25, -0.2) is 0 Å². The van der Waals surface area contributed by atoms with Crippen molar-refractivity contribution in [3.05, 3.63) is 155 Å². The first-order chi connectivity index (χ1) is 24.2. The van der Waals surface area contributed by atoms with Crippen LogP contribution in [-0.2, 0) is 20.0 Å². The van der Waals surface area contributed by atoms with E-state index >= 15 is 0 Å². The van der Waals surface area contributed by atoms with Crippen LogP contribution < -0.4 is 0 Å². The summed E-state index contributed by atoms with van der Waals surface area (Å²) in [7, 11) is 0. The van der Waals surface area contributed by atoms with Crippen LogP contribution in [0, 0.1) is 0 Å². The van der Waals surface area contributed by atoms with Gasteiger partial charge in [-0.1, -0.05) is 0 Å². The van der Waals surface area contributed by atoms with E-state index in [-0.39, 0.29) is 24.8 Å². The van der Waals surface area contributed by atoms with Crippen molar-refractivity contribution >= 4 is 58.5 Å². The number of allylic oxidation sites excluding steroid dienone is 2. The third-order valence-corrected chi connectivity index (χ3v) is 31.2. The van der Waals surface area contributed by atoms with Gasteiger partial charge in [0.25, 0.3) is 0 Å². The molecule has 3 heteroatoms. The molecule has 3 aliphatic rings. The van der Waals surface area contributed by atoms with E-state index in [0.29, 0.717) is 7.35 Å². The third-order valence-electron chi connectivity index (χ3n) is 12.1. The van der Waals surface area contributed by atoms with Crippen molar-refractivity contribution in [3.8, 4) is 22.3 Å². The Labute approximate surface area is 321 Å². The first-order valence-electron chi connectivity index (χ1n) is 18.8. The molecule has 0 spiro atoms. The van der Waals surface area contributed by atoms with E-state index in [1.54, 1.807) is 22.3 Å². The SMILES string of the molecule is CCCCC1=Cc2c(-c3cccc4ccccc34)cccc2[CH]1[Hf]1([CH]2C(CCCC)=Cc3c(-c4cccc5ccccc45)cccc32)[CH2][CH2]1.Cl.Cl. The predicted molar refractivity (Wildman–Crippen MR) is 223 cm³/mol. The molecule has 6 aromatic rings. The number of unbranched alkanes of at least 4 members (excludes halogenated alkanes) is 2. The molecule has 9 rings (SSSR count). The largest absolute Gasteiger partial charge is 0.147 e. The van der Waals surface area contributed by atoms with Crippen molar-refractivity contribution in [2.75, 3.05) is 0 Å². The molecule has 258 valence electrons. The van der Waals surface area contributed by atoms with E-state index in [9.17, 15) is 0 Å². The molecule has 2 atom stereocenters. The van der Waals surface area contributed by atoms with Gasteiger partial charge >= 0.3 is 299 Å². The van der Waals surface area contributed by atoms with Crippen LogP contribution in [0.15, 0.2) is 132 Å². The van der Waals surface area contributed by atoms with Gasteiger partial charge in [0.1, 0.15) is 0 Å². The maximum absolute atomic E-state index is 3.03. The molecule has 51 heavy (non-hydrogen) atoms. The van der Waals surface area contributed by atoms with E-state index in [1.807, 2.05) is 0 Å². The zero-order chi connectivity index (χ0) is 33.0. The van der Waals surface area contributed by atoms with Crippen molar-refractivity contribution in [1.29, 1.82) is 0 Å². The Morgan fingerprint density at radius 3 is 1.29 bits per heavy atom. The summed E-state index contributed by atoms with van der Waals surface area (Å²) >= 11 is -3.03. The van der Waals surface area contributed by atoms with Crippen LogP contribution in [0.5, 0.6) is 0 Å². The molecule has 0 saturated carbocycles. The van der Waals surface area contributed by atoms with Gasteiger partial charge in [-0.15, -0.1) is 24.8 Å². The molecule has 0 bridgehead atoms. The van der Waals surface area contributed by atoms with E-state index < -0.39 is 20.0 Å². The van der Waals surface area contributed by atoms with Crippen molar-refractivity contribution in [1.82, 2.24) is 0 Å². The summed E-state index contributed by atoms with van der Waals surface area (Å²) in [5, 5.41) is 5.39. The molecule has 2 unspecified atom stereocenters. The van der Waals surface area contributed by atoms with E-state index in [0.717, 1.165) is 0 Å². The second-order valence-corrected chi connectivity index (χ2v) is 31.5. The van der Waals surface area contributed by atoms with E-state index in [4.69, 9.17) is 0 Å². The minimum Gasteiger partial charge on any atom is -0.147 e. The van der Waals surface area contributed by atoms with Crippen molar-refractivity contribution in [3.63, 3.8) is 0 Å². The fourth-order valence-corrected chi connectivity index (χ4v) is 37.8. The average molecular weight is 874 g/mol. The van der Waals surface area contributed by atoms with Crippen LogP contribution in [0.4, 0.5) is 0 Å². The predicted octanol–water partition coefficient (Wildman–Crippen LogP) is 15.1. The molecule has 1 saturated heterocycles. The summed E-state index contributed by atoms with van der Waals surface area (Å²) in [5.74, 6) is 0. The topological polar surface area (TPSA) is 0 Å². The molecule has 1 aliphatic heterocycles. The van der Waals surface area contributed by atoms with Gasteiger partial charge in [0, 0.05) is 0 Å². The first kappa shape index (κ1) is 36.1. The normalized spacial score (nSPS) is 18.0. The summed E-state index contributed by atoms with van der Waals surface area (Å²) in [4.78, 5) is 0. The number of halogens is 2. The van der Waals surface area contributed by atoms with Crippen molar-refractivity contribution in [2.45, 2.75) is 68.1 Å². The quantitative estimate of drug-likeness (QED) is 0.120. The van der Waals surface area contributed by atoms with Crippen LogP contribution >= 0.6 is 24.8 Å². The van der Waals surface area contributed by atoms with Gasteiger partial charge in [-0.3, -0.25) is 0 Å². The number of hydrogen-bond acceptors (Lipinski definition) is 0. The second-order valence-electron chi connectivity index (χ2n) is 14.9. The molecule has 0 radical (unpaired) electrons. The summed E-state index contributed by atoms with van der Waals surface area (Å²) in [6.45, 7) is 4.73. The second kappa shape index (κ2) is 15.0. The Balaban J connectivity index is 0.00000203. The Morgan fingerprint density at radius 2 is 0.863 bits per heavy atom. The summed E-state index contributed by atoms with van der Waals surface area (Å²) < 4.78 is 4.41. The molecule has 0 aromatic heterocycles. The number of fused-ring (bicyclic) bond motifs is 4. The summed E-state index contributed by atoms with van der Waals surface area (Å²) in [6, 6.07) is 46.3. The maximum Gasteiger partial charge on any atom is -0.147 e. The van der Waals surface area contributed by atoms with Crippen molar-refractivity contribution < 1.29 is 20.0 Å². The number of hydrogen-bond donors (Lipinski definition) is 0. The molecular formula is C48H48Cl2Hf. The molecule has 1 heterocycles. The molecular weight excluding hydrogens is 826 g/mol. The smallest absolute Gasteiger partial charge is 0.147 e. The van der Waals surface area contributed by atoms with Gasteiger partial charge in [-0.05, 0) is 0 Å². The van der Waals surface area contributed by atoms with Gasteiger partial charge in [0.2, 0.25) is 0 Å². The molecule has 1 fully saturated rings. The summed E-state index contributed by atoms with van der Waals surface area (Å²) in [5.41, 5.74) is 15.6. The van der Waals surface area contributed by atoms with Crippen LogP contribution in [0.25, 0.3) is 56.0 Å².